The van der Waals surface area contributed by atoms with Gasteiger partial charge in [-0.25, -0.2) is 0 Å². The van der Waals surface area contributed by atoms with Gasteiger partial charge in [0.25, 0.3) is 0 Å². The first-order valence-corrected chi connectivity index (χ1v) is 5.16. The molecule has 3 aliphatic rings. The van der Waals surface area contributed by atoms with E-state index in [0.29, 0.717) is 0 Å². The minimum atomic E-state index is 0.762. The second-order valence-electron chi connectivity index (χ2n) is 4.47. The molecule has 1 N–H and O–H groups in total. The maximum absolute atomic E-state index is 4.10. The van der Waals surface area contributed by atoms with Crippen molar-refractivity contribution < 1.29 is 0 Å². The Labute approximate surface area is 75.2 Å². The van der Waals surface area contributed by atoms with Crippen LogP contribution in [0.3, 0.4) is 0 Å². The highest BCUT2D eigenvalue weighted by Crippen LogP contribution is 2.36. The molecule has 0 radical (unpaired) electrons. The van der Waals surface area contributed by atoms with Crippen molar-refractivity contribution in [1.29, 1.82) is 0 Å². The van der Waals surface area contributed by atoms with Gasteiger partial charge in [-0.2, -0.15) is 0 Å². The minimum absolute atomic E-state index is 0.762. The van der Waals surface area contributed by atoms with E-state index in [0.717, 1.165) is 17.9 Å². The predicted octanol–water partition coefficient (Wildman–Crippen LogP) is 2.34. The lowest BCUT2D eigenvalue weighted by atomic mass is 9.78. The SMILES string of the molecule is C=C(C)C1CNC2CCC1CC2. The molecular weight excluding hydrogens is 146 g/mol. The second kappa shape index (κ2) is 3.21. The highest BCUT2D eigenvalue weighted by molar-refractivity contribution is 5.03. The average Bonchev–Trinajstić information content (AvgIpc) is 2.36. The van der Waals surface area contributed by atoms with Crippen LogP contribution in [0.1, 0.15) is 32.6 Å². The molecule has 0 aromatic heterocycles. The molecule has 3 fully saturated rings. The average molecular weight is 165 g/mol. The van der Waals surface area contributed by atoms with Gasteiger partial charge in [0, 0.05) is 12.6 Å². The number of hydrogen-bond acceptors (Lipinski definition) is 1. The lowest BCUT2D eigenvalue weighted by Crippen LogP contribution is -2.29. The third kappa shape index (κ3) is 1.42. The summed E-state index contributed by atoms with van der Waals surface area (Å²) in [4.78, 5) is 0. The summed E-state index contributed by atoms with van der Waals surface area (Å²) in [6, 6.07) is 0.825. The Morgan fingerprint density at radius 2 is 1.92 bits per heavy atom. The fourth-order valence-corrected chi connectivity index (χ4v) is 2.76. The van der Waals surface area contributed by atoms with Gasteiger partial charge in [0.2, 0.25) is 0 Å². The summed E-state index contributed by atoms with van der Waals surface area (Å²) in [5, 5.41) is 3.64. The zero-order chi connectivity index (χ0) is 8.55. The van der Waals surface area contributed by atoms with E-state index in [1.54, 1.807) is 0 Å². The molecule has 2 heterocycles. The van der Waals surface area contributed by atoms with Crippen LogP contribution in [-0.2, 0) is 0 Å². The zero-order valence-electron chi connectivity index (χ0n) is 7.97. The fourth-order valence-electron chi connectivity index (χ4n) is 2.76. The van der Waals surface area contributed by atoms with Gasteiger partial charge in [0.1, 0.15) is 0 Å². The van der Waals surface area contributed by atoms with E-state index in [2.05, 4.69) is 18.8 Å². The van der Waals surface area contributed by atoms with Gasteiger partial charge in [-0.05, 0) is 44.4 Å². The molecule has 0 aromatic rings. The van der Waals surface area contributed by atoms with Crippen LogP contribution in [0, 0.1) is 11.8 Å². The maximum Gasteiger partial charge on any atom is 0.00675 e. The largest absolute Gasteiger partial charge is 0.313 e. The van der Waals surface area contributed by atoms with Gasteiger partial charge in [-0.3, -0.25) is 0 Å². The predicted molar refractivity (Wildman–Crippen MR) is 52.1 cm³/mol. The second-order valence-corrected chi connectivity index (χ2v) is 4.47. The molecule has 1 heteroatoms. The summed E-state index contributed by atoms with van der Waals surface area (Å²) in [6.07, 6.45) is 5.65. The Bertz CT molecular complexity index is 177. The van der Waals surface area contributed by atoms with Crippen LogP contribution in [0.2, 0.25) is 0 Å². The lowest BCUT2D eigenvalue weighted by molar-refractivity contribution is 0.306. The molecule has 1 atom stereocenters. The van der Waals surface area contributed by atoms with Crippen molar-refractivity contribution in [2.24, 2.45) is 11.8 Å². The molecule has 12 heavy (non-hydrogen) atoms. The summed E-state index contributed by atoms with van der Waals surface area (Å²) >= 11 is 0. The van der Waals surface area contributed by atoms with Crippen LogP contribution >= 0.6 is 0 Å². The molecule has 1 aliphatic carbocycles. The molecule has 2 aliphatic heterocycles. The van der Waals surface area contributed by atoms with Gasteiger partial charge < -0.3 is 5.32 Å². The van der Waals surface area contributed by atoms with Gasteiger partial charge in [0.15, 0.2) is 0 Å². The quantitative estimate of drug-likeness (QED) is 0.588. The van der Waals surface area contributed by atoms with Gasteiger partial charge in [-0.15, -0.1) is 0 Å². The van der Waals surface area contributed by atoms with Crippen molar-refractivity contribution in [3.05, 3.63) is 12.2 Å². The molecule has 2 saturated heterocycles. The van der Waals surface area contributed by atoms with Crippen LogP contribution in [0.4, 0.5) is 0 Å². The van der Waals surface area contributed by atoms with Crippen molar-refractivity contribution in [3.8, 4) is 0 Å². The molecule has 1 saturated carbocycles. The van der Waals surface area contributed by atoms with E-state index in [1.165, 1.54) is 37.8 Å². The van der Waals surface area contributed by atoms with Crippen molar-refractivity contribution in [1.82, 2.24) is 5.32 Å². The van der Waals surface area contributed by atoms with Gasteiger partial charge in [-0.1, -0.05) is 12.2 Å². The molecular formula is C11H19N. The summed E-state index contributed by atoms with van der Waals surface area (Å²) in [7, 11) is 0. The fraction of sp³-hybridized carbons (Fsp3) is 0.818. The summed E-state index contributed by atoms with van der Waals surface area (Å²) in [6.45, 7) is 7.47. The Morgan fingerprint density at radius 1 is 1.25 bits per heavy atom. The van der Waals surface area contributed by atoms with E-state index in [-0.39, 0.29) is 0 Å². The molecule has 1 unspecified atom stereocenters. The Balaban J connectivity index is 2.10. The standard InChI is InChI=1S/C11H19N/c1-8(2)11-7-12-10-5-3-9(11)4-6-10/h9-12H,1,3-7H2,2H3. The molecule has 0 spiro atoms. The van der Waals surface area contributed by atoms with Gasteiger partial charge in [0.05, 0.1) is 0 Å². The van der Waals surface area contributed by atoms with E-state index < -0.39 is 0 Å². The third-order valence-corrected chi connectivity index (χ3v) is 3.60. The van der Waals surface area contributed by atoms with Crippen LogP contribution in [0.5, 0.6) is 0 Å². The summed E-state index contributed by atoms with van der Waals surface area (Å²) < 4.78 is 0. The normalized spacial score (nSPS) is 40.9. The summed E-state index contributed by atoms with van der Waals surface area (Å²) in [5.41, 5.74) is 1.38. The van der Waals surface area contributed by atoms with E-state index >= 15 is 0 Å². The number of rotatable bonds is 1. The van der Waals surface area contributed by atoms with E-state index in [9.17, 15) is 0 Å². The molecule has 1 nitrogen and oxygen atoms in total. The molecule has 0 aromatic carbocycles. The first-order valence-electron chi connectivity index (χ1n) is 5.16. The number of fused-ring (bicyclic) bond motifs is 4. The highest BCUT2D eigenvalue weighted by atomic mass is 14.9. The lowest BCUT2D eigenvalue weighted by Gasteiger charge is -2.26. The van der Waals surface area contributed by atoms with Crippen LogP contribution in [0.25, 0.3) is 0 Å². The Kier molecular flexibility index (Phi) is 2.22. The maximum atomic E-state index is 4.10. The third-order valence-electron chi connectivity index (χ3n) is 3.60. The smallest absolute Gasteiger partial charge is 0.00675 e. The van der Waals surface area contributed by atoms with Crippen LogP contribution in [-0.4, -0.2) is 12.6 Å². The first kappa shape index (κ1) is 8.31. The molecule has 3 rings (SSSR count). The van der Waals surface area contributed by atoms with E-state index in [4.69, 9.17) is 0 Å². The van der Waals surface area contributed by atoms with Gasteiger partial charge >= 0.3 is 0 Å². The van der Waals surface area contributed by atoms with Crippen molar-refractivity contribution >= 4 is 0 Å². The highest BCUT2D eigenvalue weighted by Gasteiger charge is 2.31. The summed E-state index contributed by atoms with van der Waals surface area (Å²) in [5.74, 6) is 1.70. The van der Waals surface area contributed by atoms with Crippen LogP contribution in [0.15, 0.2) is 12.2 Å². The number of nitrogens with one attached hydrogen (secondary N) is 1. The zero-order valence-corrected chi connectivity index (χ0v) is 7.97. The monoisotopic (exact) mass is 165 g/mol. The number of hydrogen-bond donors (Lipinski definition) is 1. The minimum Gasteiger partial charge on any atom is -0.313 e. The van der Waals surface area contributed by atoms with Crippen molar-refractivity contribution in [2.75, 3.05) is 6.54 Å². The van der Waals surface area contributed by atoms with Crippen molar-refractivity contribution in [2.45, 2.75) is 38.6 Å². The molecule has 68 valence electrons. The topological polar surface area (TPSA) is 12.0 Å². The first-order chi connectivity index (χ1) is 5.77. The van der Waals surface area contributed by atoms with E-state index in [1.807, 2.05) is 0 Å². The van der Waals surface area contributed by atoms with Crippen molar-refractivity contribution in [3.63, 3.8) is 0 Å². The van der Waals surface area contributed by atoms with Crippen LogP contribution < -0.4 is 5.32 Å². The Hall–Kier alpha value is -0.300. The molecule has 0 amide bonds. The Morgan fingerprint density at radius 3 is 2.50 bits per heavy atom. The molecule has 2 bridgehead atoms.